The molecule has 1 amide bonds. The van der Waals surface area contributed by atoms with E-state index in [2.05, 4.69) is 10.1 Å². The molecule has 8 heteroatoms. The molecule has 0 fully saturated rings. The van der Waals surface area contributed by atoms with E-state index < -0.39 is 5.97 Å². The van der Waals surface area contributed by atoms with Crippen molar-refractivity contribution in [2.24, 2.45) is 5.73 Å². The molecule has 8 nitrogen and oxygen atoms in total. The van der Waals surface area contributed by atoms with Crippen molar-refractivity contribution in [3.05, 3.63) is 6.33 Å². The monoisotopic (exact) mass is 241 g/mol. The normalized spacial score (nSPS) is 10.1. The van der Waals surface area contributed by atoms with Gasteiger partial charge in [0.25, 0.3) is 0 Å². The van der Waals surface area contributed by atoms with Crippen molar-refractivity contribution < 1.29 is 14.3 Å². The van der Waals surface area contributed by atoms with Crippen molar-refractivity contribution in [1.82, 2.24) is 14.8 Å². The zero-order valence-corrected chi connectivity index (χ0v) is 9.33. The highest BCUT2D eigenvalue weighted by atomic mass is 16.5. The summed E-state index contributed by atoms with van der Waals surface area (Å²) in [6.45, 7) is 0.232. The van der Waals surface area contributed by atoms with Crippen LogP contribution in [-0.2, 0) is 20.9 Å². The first-order valence-electron chi connectivity index (χ1n) is 5.17. The third-order valence-electron chi connectivity index (χ3n) is 1.93. The first-order chi connectivity index (χ1) is 8.08. The van der Waals surface area contributed by atoms with E-state index >= 15 is 0 Å². The fraction of sp³-hybridized carbons (Fsp3) is 0.556. The number of rotatable bonds is 7. The van der Waals surface area contributed by atoms with Crippen LogP contribution in [0.15, 0.2) is 6.33 Å². The van der Waals surface area contributed by atoms with E-state index in [0.29, 0.717) is 19.3 Å². The smallest absolute Gasteiger partial charge is 0.327 e. The fourth-order valence-corrected chi connectivity index (χ4v) is 1.15. The maximum absolute atomic E-state index is 11.3. The average Bonchev–Trinajstić information content (AvgIpc) is 2.63. The summed E-state index contributed by atoms with van der Waals surface area (Å²) < 4.78 is 6.21. The molecule has 0 aliphatic carbocycles. The topological polar surface area (TPSA) is 126 Å². The van der Waals surface area contributed by atoms with Gasteiger partial charge in [-0.3, -0.25) is 9.59 Å². The number of unbranched alkanes of at least 4 members (excludes halogenated alkanes) is 1. The second-order valence-corrected chi connectivity index (χ2v) is 3.44. The molecule has 0 bridgehead atoms. The molecule has 0 atom stereocenters. The highest BCUT2D eigenvalue weighted by Crippen LogP contribution is 1.96. The fourth-order valence-electron chi connectivity index (χ4n) is 1.15. The molecule has 0 radical (unpaired) electrons. The highest BCUT2D eigenvalue weighted by Gasteiger charge is 2.05. The minimum Gasteiger partial charge on any atom is -0.464 e. The number of carbonyl (C=O) groups is 2. The molecule has 1 aromatic rings. The Balaban J connectivity index is 2.11. The molecule has 0 aromatic carbocycles. The standard InChI is InChI=1S/C9H15N5O3/c10-7(15)3-1-2-4-17-8(16)5-14-6-12-9(11)13-14/h6H,1-5H2,(H2,10,15)(H2,11,13). The second-order valence-electron chi connectivity index (χ2n) is 3.44. The summed E-state index contributed by atoms with van der Waals surface area (Å²) >= 11 is 0. The molecule has 0 aliphatic heterocycles. The Morgan fingerprint density at radius 2 is 2.18 bits per heavy atom. The average molecular weight is 241 g/mol. The quantitative estimate of drug-likeness (QED) is 0.468. The van der Waals surface area contributed by atoms with Crippen LogP contribution >= 0.6 is 0 Å². The molecule has 1 heterocycles. The van der Waals surface area contributed by atoms with Crippen molar-refractivity contribution in [1.29, 1.82) is 0 Å². The number of anilines is 1. The van der Waals surface area contributed by atoms with Gasteiger partial charge >= 0.3 is 5.97 Å². The molecular weight excluding hydrogens is 226 g/mol. The third-order valence-corrected chi connectivity index (χ3v) is 1.93. The predicted molar refractivity (Wildman–Crippen MR) is 58.4 cm³/mol. The largest absolute Gasteiger partial charge is 0.464 e. The zero-order valence-electron chi connectivity index (χ0n) is 9.33. The van der Waals surface area contributed by atoms with Gasteiger partial charge in [0.1, 0.15) is 12.9 Å². The number of nitrogen functional groups attached to an aromatic ring is 1. The van der Waals surface area contributed by atoms with Gasteiger partial charge in [0, 0.05) is 6.42 Å². The van der Waals surface area contributed by atoms with Gasteiger partial charge in [-0.05, 0) is 12.8 Å². The lowest BCUT2D eigenvalue weighted by Gasteiger charge is -2.03. The SMILES string of the molecule is NC(=O)CCCCOC(=O)Cn1cnc(N)n1. The lowest BCUT2D eigenvalue weighted by Crippen LogP contribution is -2.15. The number of primary amides is 1. The Kier molecular flexibility index (Phi) is 4.92. The van der Waals surface area contributed by atoms with Crippen molar-refractivity contribution in [2.75, 3.05) is 12.3 Å². The second kappa shape index (κ2) is 6.46. The van der Waals surface area contributed by atoms with E-state index in [-0.39, 0.29) is 25.0 Å². The Morgan fingerprint density at radius 1 is 1.41 bits per heavy atom. The molecule has 94 valence electrons. The number of hydrogen-bond acceptors (Lipinski definition) is 6. The summed E-state index contributed by atoms with van der Waals surface area (Å²) in [7, 11) is 0. The summed E-state index contributed by atoms with van der Waals surface area (Å²) in [6, 6.07) is 0. The molecule has 0 aliphatic rings. The van der Waals surface area contributed by atoms with Gasteiger partial charge < -0.3 is 16.2 Å². The maximum Gasteiger partial charge on any atom is 0.327 e. The third kappa shape index (κ3) is 5.50. The first kappa shape index (κ1) is 12.9. The van der Waals surface area contributed by atoms with E-state index in [1.807, 2.05) is 0 Å². The molecule has 0 spiro atoms. The van der Waals surface area contributed by atoms with E-state index in [9.17, 15) is 9.59 Å². The van der Waals surface area contributed by atoms with Crippen molar-refractivity contribution in [3.8, 4) is 0 Å². The van der Waals surface area contributed by atoms with Crippen LogP contribution in [-0.4, -0.2) is 33.2 Å². The van der Waals surface area contributed by atoms with Crippen LogP contribution in [0.4, 0.5) is 5.95 Å². The zero-order chi connectivity index (χ0) is 12.7. The molecule has 0 saturated carbocycles. The Bertz CT molecular complexity index is 390. The van der Waals surface area contributed by atoms with E-state index in [0.717, 1.165) is 0 Å². The van der Waals surface area contributed by atoms with Crippen LogP contribution in [0.25, 0.3) is 0 Å². The summed E-state index contributed by atoms with van der Waals surface area (Å²) in [5.74, 6) is -0.664. The maximum atomic E-state index is 11.3. The molecule has 0 unspecified atom stereocenters. The number of nitrogens with two attached hydrogens (primary N) is 2. The number of aromatic nitrogens is 3. The van der Waals surface area contributed by atoms with Gasteiger partial charge in [-0.2, -0.15) is 0 Å². The Hall–Kier alpha value is -2.12. The molecule has 17 heavy (non-hydrogen) atoms. The lowest BCUT2D eigenvalue weighted by atomic mass is 10.2. The van der Waals surface area contributed by atoms with E-state index in [1.54, 1.807) is 0 Å². The minimum atomic E-state index is -0.422. The van der Waals surface area contributed by atoms with Crippen molar-refractivity contribution >= 4 is 17.8 Å². The number of carbonyl (C=O) groups excluding carboxylic acids is 2. The number of hydrogen-bond donors (Lipinski definition) is 2. The van der Waals surface area contributed by atoms with Crippen LogP contribution in [0.1, 0.15) is 19.3 Å². The number of esters is 1. The molecule has 1 rings (SSSR count). The van der Waals surface area contributed by atoms with Gasteiger partial charge in [-0.25, -0.2) is 9.67 Å². The summed E-state index contributed by atoms with van der Waals surface area (Å²) in [6.07, 6.45) is 2.87. The molecular formula is C9H15N5O3. The van der Waals surface area contributed by atoms with E-state index in [4.69, 9.17) is 16.2 Å². The van der Waals surface area contributed by atoms with Crippen LogP contribution in [0, 0.1) is 0 Å². The van der Waals surface area contributed by atoms with Crippen molar-refractivity contribution in [2.45, 2.75) is 25.8 Å². The van der Waals surface area contributed by atoms with Crippen LogP contribution in [0.5, 0.6) is 0 Å². The van der Waals surface area contributed by atoms with Gasteiger partial charge in [0.05, 0.1) is 6.61 Å². The molecule has 1 aromatic heterocycles. The lowest BCUT2D eigenvalue weighted by molar-refractivity contribution is -0.144. The number of amides is 1. The molecule has 4 N–H and O–H groups in total. The summed E-state index contributed by atoms with van der Waals surface area (Å²) in [5, 5.41) is 3.74. The number of nitrogens with zero attached hydrogens (tertiary/aromatic N) is 3. The van der Waals surface area contributed by atoms with Gasteiger partial charge in [0.15, 0.2) is 0 Å². The van der Waals surface area contributed by atoms with Crippen LogP contribution in [0.2, 0.25) is 0 Å². The molecule has 0 saturated heterocycles. The summed E-state index contributed by atoms with van der Waals surface area (Å²) in [4.78, 5) is 25.4. The Labute approximate surface area is 97.9 Å². The van der Waals surface area contributed by atoms with Gasteiger partial charge in [0.2, 0.25) is 11.9 Å². The van der Waals surface area contributed by atoms with Crippen LogP contribution in [0.3, 0.4) is 0 Å². The number of ether oxygens (including phenoxy) is 1. The van der Waals surface area contributed by atoms with Gasteiger partial charge in [-0.1, -0.05) is 0 Å². The highest BCUT2D eigenvalue weighted by molar-refractivity contribution is 5.73. The minimum absolute atomic E-state index is 0.0278. The van der Waals surface area contributed by atoms with Crippen molar-refractivity contribution in [3.63, 3.8) is 0 Å². The first-order valence-corrected chi connectivity index (χ1v) is 5.17. The predicted octanol–water partition coefficient (Wildman–Crippen LogP) is -0.941. The summed E-state index contributed by atoms with van der Waals surface area (Å²) in [5.41, 5.74) is 10.2. The van der Waals surface area contributed by atoms with E-state index in [1.165, 1.54) is 11.0 Å². The Morgan fingerprint density at radius 3 is 2.76 bits per heavy atom. The van der Waals surface area contributed by atoms with Crippen LogP contribution < -0.4 is 11.5 Å². The van der Waals surface area contributed by atoms with Gasteiger partial charge in [-0.15, -0.1) is 5.10 Å².